The summed E-state index contributed by atoms with van der Waals surface area (Å²) in [6, 6.07) is 14.3. The molecule has 0 aliphatic rings. The molecule has 21 heavy (non-hydrogen) atoms. The molecule has 0 bridgehead atoms. The number of ether oxygens (including phenoxy) is 2. The van der Waals surface area contributed by atoms with Crippen LogP contribution in [0.1, 0.15) is 23.6 Å². The lowest BCUT2D eigenvalue weighted by atomic mass is 10.1. The van der Waals surface area contributed by atoms with E-state index < -0.39 is 0 Å². The van der Waals surface area contributed by atoms with Gasteiger partial charge >= 0.3 is 0 Å². The van der Waals surface area contributed by atoms with E-state index >= 15 is 0 Å². The molecule has 2 aromatic carbocycles. The Morgan fingerprint density at radius 2 is 1.90 bits per heavy atom. The lowest BCUT2D eigenvalue weighted by molar-refractivity contribution is 0.184. The summed E-state index contributed by atoms with van der Waals surface area (Å²) in [4.78, 5) is 0. The zero-order valence-corrected chi connectivity index (χ0v) is 13.0. The van der Waals surface area contributed by atoms with E-state index in [-0.39, 0.29) is 0 Å². The lowest BCUT2D eigenvalue weighted by Crippen LogP contribution is -2.11. The van der Waals surface area contributed by atoms with Crippen LogP contribution in [0.25, 0.3) is 0 Å². The van der Waals surface area contributed by atoms with E-state index in [1.807, 2.05) is 30.3 Å². The molecule has 0 atom stereocenters. The first-order chi connectivity index (χ1) is 10.2. The van der Waals surface area contributed by atoms with Crippen molar-refractivity contribution in [2.24, 2.45) is 0 Å². The molecule has 3 heteroatoms. The van der Waals surface area contributed by atoms with E-state index in [4.69, 9.17) is 9.47 Å². The first kappa shape index (κ1) is 15.5. The van der Waals surface area contributed by atoms with Crippen molar-refractivity contribution in [3.05, 3.63) is 59.2 Å². The Balaban J connectivity index is 2.10. The molecule has 0 fully saturated rings. The van der Waals surface area contributed by atoms with Gasteiger partial charge in [0, 0.05) is 13.7 Å². The molecule has 0 saturated carbocycles. The molecule has 0 radical (unpaired) electrons. The van der Waals surface area contributed by atoms with Crippen LogP contribution < -0.4 is 10.1 Å². The summed E-state index contributed by atoms with van der Waals surface area (Å²) in [5, 5.41) is 3.33. The van der Waals surface area contributed by atoms with E-state index in [2.05, 4.69) is 31.3 Å². The molecule has 0 spiro atoms. The lowest BCUT2D eigenvalue weighted by Gasteiger charge is -2.11. The summed E-state index contributed by atoms with van der Waals surface area (Å²) in [6.45, 7) is 6.64. The van der Waals surface area contributed by atoms with E-state index in [1.54, 1.807) is 7.11 Å². The van der Waals surface area contributed by atoms with Crippen molar-refractivity contribution in [3.63, 3.8) is 0 Å². The zero-order chi connectivity index (χ0) is 15.1. The Morgan fingerprint density at radius 1 is 1.05 bits per heavy atom. The van der Waals surface area contributed by atoms with Crippen molar-refractivity contribution in [2.75, 3.05) is 13.7 Å². The zero-order valence-electron chi connectivity index (χ0n) is 13.0. The fourth-order valence-electron chi connectivity index (χ4n) is 2.20. The molecule has 0 aliphatic heterocycles. The smallest absolute Gasteiger partial charge is 0.130 e. The van der Waals surface area contributed by atoms with E-state index in [0.717, 1.165) is 35.7 Å². The number of hydrogen-bond donors (Lipinski definition) is 1. The number of hydrogen-bond acceptors (Lipinski definition) is 3. The number of benzene rings is 2. The SMILES string of the molecule is CCNCc1ccc(Oc2cccc(COC)c2)c(C)c1. The maximum absolute atomic E-state index is 5.98. The summed E-state index contributed by atoms with van der Waals surface area (Å²) >= 11 is 0. The Morgan fingerprint density at radius 3 is 2.62 bits per heavy atom. The molecule has 0 heterocycles. The minimum atomic E-state index is 0.595. The molecule has 0 unspecified atom stereocenters. The van der Waals surface area contributed by atoms with Gasteiger partial charge in [-0.3, -0.25) is 0 Å². The third-order valence-electron chi connectivity index (χ3n) is 3.26. The minimum absolute atomic E-state index is 0.595. The van der Waals surface area contributed by atoms with Crippen LogP contribution in [-0.4, -0.2) is 13.7 Å². The van der Waals surface area contributed by atoms with Gasteiger partial charge in [-0.2, -0.15) is 0 Å². The van der Waals surface area contributed by atoms with E-state index in [0.29, 0.717) is 6.61 Å². The Labute approximate surface area is 126 Å². The van der Waals surface area contributed by atoms with Crippen molar-refractivity contribution >= 4 is 0 Å². The topological polar surface area (TPSA) is 30.5 Å². The molecule has 0 amide bonds. The van der Waals surface area contributed by atoms with Crippen LogP contribution in [0.5, 0.6) is 11.5 Å². The maximum Gasteiger partial charge on any atom is 0.130 e. The van der Waals surface area contributed by atoms with Gasteiger partial charge in [-0.1, -0.05) is 31.2 Å². The van der Waals surface area contributed by atoms with E-state index in [9.17, 15) is 0 Å². The molecule has 1 N–H and O–H groups in total. The van der Waals surface area contributed by atoms with Gasteiger partial charge in [0.25, 0.3) is 0 Å². The molecule has 3 nitrogen and oxygen atoms in total. The minimum Gasteiger partial charge on any atom is -0.457 e. The van der Waals surface area contributed by atoms with Crippen LogP contribution in [0.15, 0.2) is 42.5 Å². The predicted octanol–water partition coefficient (Wildman–Crippen LogP) is 4.04. The van der Waals surface area contributed by atoms with Gasteiger partial charge in [0.1, 0.15) is 11.5 Å². The number of aryl methyl sites for hydroxylation is 1. The van der Waals surface area contributed by atoms with Gasteiger partial charge in [0.2, 0.25) is 0 Å². The van der Waals surface area contributed by atoms with Gasteiger partial charge in [-0.15, -0.1) is 0 Å². The molecule has 0 aromatic heterocycles. The summed E-state index contributed by atoms with van der Waals surface area (Å²) in [7, 11) is 1.70. The molecule has 2 rings (SSSR count). The average Bonchev–Trinajstić information content (AvgIpc) is 2.48. The fourth-order valence-corrected chi connectivity index (χ4v) is 2.20. The Bertz CT molecular complexity index is 581. The Kier molecular flexibility index (Phi) is 5.78. The van der Waals surface area contributed by atoms with Gasteiger partial charge in [0.15, 0.2) is 0 Å². The van der Waals surface area contributed by atoms with Crippen molar-refractivity contribution in [2.45, 2.75) is 27.0 Å². The molecular formula is C18H23NO2. The number of rotatable bonds is 7. The highest BCUT2D eigenvalue weighted by molar-refractivity contribution is 5.40. The highest BCUT2D eigenvalue weighted by Crippen LogP contribution is 2.26. The highest BCUT2D eigenvalue weighted by atomic mass is 16.5. The van der Waals surface area contributed by atoms with Gasteiger partial charge in [-0.05, 0) is 48.4 Å². The van der Waals surface area contributed by atoms with Gasteiger partial charge < -0.3 is 14.8 Å². The van der Waals surface area contributed by atoms with Crippen LogP contribution in [-0.2, 0) is 17.9 Å². The van der Waals surface area contributed by atoms with Crippen LogP contribution in [0.4, 0.5) is 0 Å². The van der Waals surface area contributed by atoms with Crippen LogP contribution in [0, 0.1) is 6.92 Å². The second-order valence-corrected chi connectivity index (χ2v) is 5.06. The van der Waals surface area contributed by atoms with E-state index in [1.165, 1.54) is 5.56 Å². The van der Waals surface area contributed by atoms with Crippen molar-refractivity contribution in [3.8, 4) is 11.5 Å². The van der Waals surface area contributed by atoms with Crippen molar-refractivity contribution in [1.82, 2.24) is 5.32 Å². The quantitative estimate of drug-likeness (QED) is 0.832. The first-order valence-corrected chi connectivity index (χ1v) is 7.29. The fraction of sp³-hybridized carbons (Fsp3) is 0.333. The molecule has 2 aromatic rings. The monoisotopic (exact) mass is 285 g/mol. The highest BCUT2D eigenvalue weighted by Gasteiger charge is 2.04. The van der Waals surface area contributed by atoms with Crippen molar-refractivity contribution < 1.29 is 9.47 Å². The summed E-state index contributed by atoms with van der Waals surface area (Å²) in [5.74, 6) is 1.73. The van der Waals surface area contributed by atoms with Crippen LogP contribution in [0.2, 0.25) is 0 Å². The number of nitrogens with one attached hydrogen (secondary N) is 1. The average molecular weight is 285 g/mol. The maximum atomic E-state index is 5.98. The van der Waals surface area contributed by atoms with Crippen LogP contribution in [0.3, 0.4) is 0 Å². The summed E-state index contributed by atoms with van der Waals surface area (Å²) in [6.07, 6.45) is 0. The molecular weight excluding hydrogens is 262 g/mol. The molecule has 112 valence electrons. The largest absolute Gasteiger partial charge is 0.457 e. The van der Waals surface area contributed by atoms with Gasteiger partial charge in [0.05, 0.1) is 6.61 Å². The normalized spacial score (nSPS) is 10.6. The molecule has 0 aliphatic carbocycles. The molecule has 0 saturated heterocycles. The second-order valence-electron chi connectivity index (χ2n) is 5.06. The first-order valence-electron chi connectivity index (χ1n) is 7.29. The number of methoxy groups -OCH3 is 1. The Hall–Kier alpha value is -1.84. The second kappa shape index (κ2) is 7.81. The van der Waals surface area contributed by atoms with Crippen molar-refractivity contribution in [1.29, 1.82) is 0 Å². The van der Waals surface area contributed by atoms with Crippen LogP contribution >= 0.6 is 0 Å². The predicted molar refractivity (Wildman–Crippen MR) is 85.8 cm³/mol. The standard InChI is InChI=1S/C18H23NO2/c1-4-19-12-15-8-9-18(14(2)10-15)21-17-7-5-6-16(11-17)13-20-3/h5-11,19H,4,12-13H2,1-3H3. The third-order valence-corrected chi connectivity index (χ3v) is 3.26. The van der Waals surface area contributed by atoms with Gasteiger partial charge in [-0.25, -0.2) is 0 Å². The summed E-state index contributed by atoms with van der Waals surface area (Å²) in [5.41, 5.74) is 3.52. The summed E-state index contributed by atoms with van der Waals surface area (Å²) < 4.78 is 11.1. The third kappa shape index (κ3) is 4.59.